The van der Waals surface area contributed by atoms with Crippen LogP contribution < -0.4 is 0 Å². The normalized spacial score (nSPS) is 11.6. The van der Waals surface area contributed by atoms with Crippen LogP contribution in [0.2, 0.25) is 0 Å². The molecule has 0 aliphatic carbocycles. The van der Waals surface area contributed by atoms with Crippen molar-refractivity contribution < 1.29 is 13.0 Å². The molecule has 4 nitrogen and oxygen atoms in total. The minimum absolute atomic E-state index is 0.715. The van der Waals surface area contributed by atoms with Gasteiger partial charge in [0.1, 0.15) is 0 Å². The molecule has 1 N–H and O–H groups in total. The van der Waals surface area contributed by atoms with Crippen molar-refractivity contribution in [1.82, 2.24) is 4.90 Å². The van der Waals surface area contributed by atoms with Crippen LogP contribution in [-0.4, -0.2) is 44.3 Å². The summed E-state index contributed by atoms with van der Waals surface area (Å²) < 4.78 is 25.9. The summed E-state index contributed by atoms with van der Waals surface area (Å²) in [6.45, 7) is 7.24. The smallest absolute Gasteiger partial charge is 0.261 e. The molecule has 0 unspecified atom stereocenters. The molecule has 0 saturated heterocycles. The van der Waals surface area contributed by atoms with Crippen molar-refractivity contribution in [2.75, 3.05) is 26.4 Å². The average molecular weight is 576 g/mol. The summed E-state index contributed by atoms with van der Waals surface area (Å²) in [5, 5.41) is 0. The first-order valence-electron chi connectivity index (χ1n) is 17.4. The van der Waals surface area contributed by atoms with Gasteiger partial charge in [-0.05, 0) is 33.0 Å². The molecule has 0 atom stereocenters. The lowest BCUT2D eigenvalue weighted by Crippen LogP contribution is -2.20. The molecule has 0 aromatic rings. The van der Waals surface area contributed by atoms with E-state index in [1.54, 1.807) is 0 Å². The Bertz CT molecular complexity index is 499. The zero-order valence-electron chi connectivity index (χ0n) is 27.3. The van der Waals surface area contributed by atoms with Crippen LogP contribution in [0, 0.1) is 0 Å². The highest BCUT2D eigenvalue weighted by molar-refractivity contribution is 7.85. The molecule has 0 aromatic carbocycles. The molecule has 0 aliphatic heterocycles. The van der Waals surface area contributed by atoms with Crippen molar-refractivity contribution in [1.29, 1.82) is 0 Å². The number of nitrogens with zero attached hydrogens (tertiary/aromatic N) is 1. The molecule has 39 heavy (non-hydrogen) atoms. The Morgan fingerprint density at radius 1 is 0.410 bits per heavy atom. The summed E-state index contributed by atoms with van der Waals surface area (Å²) in [6, 6.07) is 0. The highest BCUT2D eigenvalue weighted by atomic mass is 32.2. The number of unbranched alkanes of at least 4 members (excludes halogenated alkanes) is 26. The maximum atomic E-state index is 9.19. The SMILES string of the molecule is CCCCCCCCCCCCCCCCN(C)CCCCCCCCCCCCCCCC.CS(=O)(=O)O. The molecular formula is C34H73NO3S. The lowest BCUT2D eigenvalue weighted by Gasteiger charge is -2.16. The van der Waals surface area contributed by atoms with E-state index in [1.807, 2.05) is 0 Å². The third-order valence-corrected chi connectivity index (χ3v) is 7.79. The van der Waals surface area contributed by atoms with Crippen LogP contribution in [-0.2, 0) is 10.1 Å². The van der Waals surface area contributed by atoms with E-state index < -0.39 is 10.1 Å². The van der Waals surface area contributed by atoms with Crippen molar-refractivity contribution in [3.63, 3.8) is 0 Å². The Hall–Kier alpha value is -0.130. The van der Waals surface area contributed by atoms with Gasteiger partial charge < -0.3 is 4.90 Å². The molecule has 5 heteroatoms. The van der Waals surface area contributed by atoms with Crippen LogP contribution in [0.15, 0.2) is 0 Å². The Labute approximate surface area is 247 Å². The quantitative estimate of drug-likeness (QED) is 0.0683. The lowest BCUT2D eigenvalue weighted by atomic mass is 10.0. The molecule has 0 aliphatic rings. The van der Waals surface area contributed by atoms with Gasteiger partial charge in [-0.3, -0.25) is 4.55 Å². The van der Waals surface area contributed by atoms with Gasteiger partial charge in [0, 0.05) is 0 Å². The van der Waals surface area contributed by atoms with E-state index in [4.69, 9.17) is 4.55 Å². The largest absolute Gasteiger partial charge is 0.306 e. The molecule has 0 aromatic heterocycles. The highest BCUT2D eigenvalue weighted by Gasteiger charge is 2.00. The number of hydrogen-bond acceptors (Lipinski definition) is 3. The molecule has 0 rings (SSSR count). The van der Waals surface area contributed by atoms with Crippen LogP contribution in [0.4, 0.5) is 0 Å². The maximum absolute atomic E-state index is 9.19. The minimum Gasteiger partial charge on any atom is -0.306 e. The Morgan fingerprint density at radius 3 is 0.744 bits per heavy atom. The van der Waals surface area contributed by atoms with Crippen LogP contribution in [0.25, 0.3) is 0 Å². The topological polar surface area (TPSA) is 57.6 Å². The summed E-state index contributed by atoms with van der Waals surface area (Å²) in [4.78, 5) is 2.58. The summed E-state index contributed by atoms with van der Waals surface area (Å²) in [7, 11) is -1.33. The predicted molar refractivity (Wildman–Crippen MR) is 176 cm³/mol. The Balaban J connectivity index is 0. The molecule has 0 saturated carbocycles. The first-order chi connectivity index (χ1) is 18.8. The fraction of sp³-hybridized carbons (Fsp3) is 1.00. The lowest BCUT2D eigenvalue weighted by molar-refractivity contribution is 0.314. The van der Waals surface area contributed by atoms with Gasteiger partial charge in [-0.15, -0.1) is 0 Å². The van der Waals surface area contributed by atoms with Crippen molar-refractivity contribution in [2.24, 2.45) is 0 Å². The van der Waals surface area contributed by atoms with Crippen LogP contribution >= 0.6 is 0 Å². The minimum atomic E-state index is -3.67. The van der Waals surface area contributed by atoms with Crippen LogP contribution in [0.1, 0.15) is 194 Å². The summed E-state index contributed by atoms with van der Waals surface area (Å²) >= 11 is 0. The average Bonchev–Trinajstić information content (AvgIpc) is 2.88. The van der Waals surface area contributed by atoms with Gasteiger partial charge in [0.25, 0.3) is 10.1 Å². The van der Waals surface area contributed by atoms with E-state index in [0.717, 1.165) is 0 Å². The Kier molecular flexibility index (Phi) is 35.8. The summed E-state index contributed by atoms with van der Waals surface area (Å²) in [6.07, 6.45) is 41.6. The van der Waals surface area contributed by atoms with Gasteiger partial charge >= 0.3 is 0 Å². The van der Waals surface area contributed by atoms with Crippen molar-refractivity contribution in [2.45, 2.75) is 194 Å². The fourth-order valence-electron chi connectivity index (χ4n) is 5.26. The fourth-order valence-corrected chi connectivity index (χ4v) is 5.26. The van der Waals surface area contributed by atoms with Gasteiger partial charge in [-0.25, -0.2) is 0 Å². The molecule has 0 bridgehead atoms. The van der Waals surface area contributed by atoms with Gasteiger partial charge in [-0.2, -0.15) is 8.42 Å². The van der Waals surface area contributed by atoms with E-state index in [-0.39, 0.29) is 0 Å². The number of rotatable bonds is 30. The van der Waals surface area contributed by atoms with Crippen molar-refractivity contribution in [3.8, 4) is 0 Å². The third-order valence-electron chi connectivity index (χ3n) is 7.79. The van der Waals surface area contributed by atoms with Gasteiger partial charge in [0.2, 0.25) is 0 Å². The van der Waals surface area contributed by atoms with Crippen molar-refractivity contribution >= 4 is 10.1 Å². The van der Waals surface area contributed by atoms with E-state index in [0.29, 0.717) is 6.26 Å². The molecule has 0 fully saturated rings. The van der Waals surface area contributed by atoms with E-state index >= 15 is 0 Å². The van der Waals surface area contributed by atoms with Crippen LogP contribution in [0.3, 0.4) is 0 Å². The van der Waals surface area contributed by atoms with Crippen molar-refractivity contribution in [3.05, 3.63) is 0 Å². The second kappa shape index (κ2) is 34.1. The third kappa shape index (κ3) is 48.0. The first kappa shape index (κ1) is 41.0. The van der Waals surface area contributed by atoms with Gasteiger partial charge in [0.05, 0.1) is 6.26 Å². The van der Waals surface area contributed by atoms with Crippen LogP contribution in [0.5, 0.6) is 0 Å². The summed E-state index contributed by atoms with van der Waals surface area (Å²) in [5.74, 6) is 0. The molecule has 0 spiro atoms. The van der Waals surface area contributed by atoms with E-state index in [1.165, 1.54) is 193 Å². The standard InChI is InChI=1S/C33H69N.CH4O3S/c1-4-6-8-10-12-14-16-18-20-22-24-26-28-30-32-34(3)33-31-29-27-25-23-21-19-17-15-13-11-9-7-5-2;1-5(2,3)4/h4-33H2,1-3H3;1H3,(H,2,3,4). The van der Waals surface area contributed by atoms with Gasteiger partial charge in [-0.1, -0.05) is 181 Å². The second-order valence-electron chi connectivity index (χ2n) is 12.2. The Morgan fingerprint density at radius 2 is 0.564 bits per heavy atom. The maximum Gasteiger partial charge on any atom is 0.261 e. The molecular weight excluding hydrogens is 502 g/mol. The molecule has 0 heterocycles. The van der Waals surface area contributed by atoms with Gasteiger partial charge in [0.15, 0.2) is 0 Å². The van der Waals surface area contributed by atoms with E-state index in [2.05, 4.69) is 25.8 Å². The summed E-state index contributed by atoms with van der Waals surface area (Å²) in [5.41, 5.74) is 0. The highest BCUT2D eigenvalue weighted by Crippen LogP contribution is 2.14. The van der Waals surface area contributed by atoms with E-state index in [9.17, 15) is 8.42 Å². The molecule has 0 radical (unpaired) electrons. The monoisotopic (exact) mass is 576 g/mol. The first-order valence-corrected chi connectivity index (χ1v) is 19.3. The molecule has 238 valence electrons. The number of hydrogen-bond donors (Lipinski definition) is 1. The predicted octanol–water partition coefficient (Wildman–Crippen LogP) is 11.4. The zero-order valence-corrected chi connectivity index (χ0v) is 28.1. The zero-order chi connectivity index (χ0) is 29.3. The molecule has 0 amide bonds. The second-order valence-corrected chi connectivity index (χ2v) is 13.7.